The Labute approximate surface area is 152 Å². The minimum absolute atomic E-state index is 0.146. The van der Waals surface area contributed by atoms with Crippen LogP contribution in [0.1, 0.15) is 31.8 Å². The number of hydrogen-bond acceptors (Lipinski definition) is 5. The van der Waals surface area contributed by atoms with Gasteiger partial charge in [-0.2, -0.15) is 0 Å². The second kappa shape index (κ2) is 8.28. The summed E-state index contributed by atoms with van der Waals surface area (Å²) >= 11 is 12.9. The topological polar surface area (TPSA) is 72.5 Å². The molecule has 0 unspecified atom stereocenters. The van der Waals surface area contributed by atoms with E-state index in [-0.39, 0.29) is 28.9 Å². The van der Waals surface area contributed by atoms with Gasteiger partial charge in [0, 0.05) is 11.8 Å². The summed E-state index contributed by atoms with van der Waals surface area (Å²) in [4.78, 5) is 36.1. The van der Waals surface area contributed by atoms with E-state index in [2.05, 4.69) is 5.32 Å². The first-order valence-electron chi connectivity index (χ1n) is 6.85. The monoisotopic (exact) mass is 385 g/mol. The quantitative estimate of drug-likeness (QED) is 0.607. The lowest BCUT2D eigenvalue weighted by atomic mass is 10.2. The van der Waals surface area contributed by atoms with Crippen molar-refractivity contribution in [3.05, 3.63) is 55.7 Å². The van der Waals surface area contributed by atoms with Crippen LogP contribution in [0.5, 0.6) is 0 Å². The maximum atomic E-state index is 12.1. The molecule has 1 N–H and O–H groups in total. The van der Waals surface area contributed by atoms with Crippen LogP contribution in [-0.2, 0) is 16.1 Å². The van der Waals surface area contributed by atoms with Crippen LogP contribution in [0.2, 0.25) is 10.0 Å². The molecule has 0 aliphatic rings. The lowest BCUT2D eigenvalue weighted by Crippen LogP contribution is -2.18. The third-order valence-electron chi connectivity index (χ3n) is 2.94. The van der Waals surface area contributed by atoms with E-state index in [0.717, 1.165) is 4.88 Å². The summed E-state index contributed by atoms with van der Waals surface area (Å²) in [5.74, 6) is -1.12. The Bertz CT molecular complexity index is 788. The van der Waals surface area contributed by atoms with E-state index >= 15 is 0 Å². The summed E-state index contributed by atoms with van der Waals surface area (Å²) in [6.45, 7) is 1.40. The molecule has 0 bridgehead atoms. The molecule has 1 aromatic heterocycles. The van der Waals surface area contributed by atoms with Crippen LogP contribution in [0, 0.1) is 0 Å². The molecule has 0 radical (unpaired) electrons. The number of nitrogens with one attached hydrogen (secondary N) is 1. The van der Waals surface area contributed by atoms with Crippen molar-refractivity contribution in [2.24, 2.45) is 0 Å². The Balaban J connectivity index is 1.91. The van der Waals surface area contributed by atoms with Crippen LogP contribution in [-0.4, -0.2) is 24.3 Å². The highest BCUT2D eigenvalue weighted by atomic mass is 35.5. The molecule has 0 atom stereocenters. The minimum Gasteiger partial charge on any atom is -0.454 e. The zero-order valence-electron chi connectivity index (χ0n) is 12.6. The maximum Gasteiger partial charge on any atom is 0.338 e. The van der Waals surface area contributed by atoms with Gasteiger partial charge in [0.1, 0.15) is 0 Å². The number of halogens is 2. The number of benzene rings is 1. The average Bonchev–Trinajstić information content (AvgIpc) is 3.02. The molecule has 1 amide bonds. The largest absolute Gasteiger partial charge is 0.454 e. The van der Waals surface area contributed by atoms with Crippen molar-refractivity contribution in [3.8, 4) is 0 Å². The van der Waals surface area contributed by atoms with Crippen LogP contribution in [0.4, 0.5) is 0 Å². The van der Waals surface area contributed by atoms with Crippen molar-refractivity contribution in [2.45, 2.75) is 13.5 Å². The highest BCUT2D eigenvalue weighted by molar-refractivity contribution is 7.14. The fourth-order valence-electron chi connectivity index (χ4n) is 1.74. The first-order chi connectivity index (χ1) is 11.4. The van der Waals surface area contributed by atoms with Gasteiger partial charge in [0.2, 0.25) is 11.7 Å². The number of rotatable bonds is 6. The van der Waals surface area contributed by atoms with Crippen molar-refractivity contribution >= 4 is 52.2 Å². The van der Waals surface area contributed by atoms with E-state index < -0.39 is 5.97 Å². The van der Waals surface area contributed by atoms with Crippen molar-refractivity contribution < 1.29 is 19.1 Å². The van der Waals surface area contributed by atoms with Gasteiger partial charge in [-0.15, -0.1) is 11.3 Å². The second-order valence-corrected chi connectivity index (χ2v) is 6.79. The lowest BCUT2D eigenvalue weighted by Gasteiger charge is -2.04. The molecule has 0 saturated carbocycles. The standard InChI is InChI=1S/C16H13Cl2NO4S/c1-9(20)19-7-11-3-5-15(24-11)14(21)8-23-16(22)10-2-4-12(17)13(18)6-10/h2-6H,7-8H2,1H3,(H,19,20). The predicted octanol–water partition coefficient (Wildman–Crippen LogP) is 3.73. The number of ether oxygens (including phenoxy) is 1. The second-order valence-electron chi connectivity index (χ2n) is 4.80. The number of Topliss-reactive ketones (excluding diaryl/α,β-unsaturated/α-hetero) is 1. The molecule has 2 aromatic rings. The molecule has 0 spiro atoms. The Morgan fingerprint density at radius 3 is 2.54 bits per heavy atom. The zero-order valence-corrected chi connectivity index (χ0v) is 14.9. The van der Waals surface area contributed by atoms with Gasteiger partial charge in [-0.3, -0.25) is 9.59 Å². The molecule has 24 heavy (non-hydrogen) atoms. The fraction of sp³-hybridized carbons (Fsp3) is 0.188. The summed E-state index contributed by atoms with van der Waals surface area (Å²) in [6.07, 6.45) is 0. The molecule has 0 aliphatic heterocycles. The number of ketones is 1. The Kier molecular flexibility index (Phi) is 6.36. The molecule has 2 rings (SSSR count). The Hall–Kier alpha value is -1.89. The van der Waals surface area contributed by atoms with E-state index in [1.807, 2.05) is 0 Å². The van der Waals surface area contributed by atoms with Gasteiger partial charge in [0.25, 0.3) is 0 Å². The zero-order chi connectivity index (χ0) is 17.7. The Morgan fingerprint density at radius 1 is 1.12 bits per heavy atom. The van der Waals surface area contributed by atoms with Gasteiger partial charge in [-0.25, -0.2) is 4.79 Å². The minimum atomic E-state index is -0.656. The van der Waals surface area contributed by atoms with Gasteiger partial charge in [0.05, 0.1) is 27.0 Å². The van der Waals surface area contributed by atoms with Crippen molar-refractivity contribution in [3.63, 3.8) is 0 Å². The van der Waals surface area contributed by atoms with Crippen molar-refractivity contribution in [2.75, 3.05) is 6.61 Å². The molecular weight excluding hydrogens is 373 g/mol. The molecule has 0 fully saturated rings. The molecule has 126 valence electrons. The SMILES string of the molecule is CC(=O)NCc1ccc(C(=O)COC(=O)c2ccc(Cl)c(Cl)c2)s1. The van der Waals surface area contributed by atoms with Crippen LogP contribution < -0.4 is 5.32 Å². The maximum absolute atomic E-state index is 12.1. The van der Waals surface area contributed by atoms with E-state index in [1.165, 1.54) is 36.5 Å². The number of carbonyl (C=O) groups is 3. The van der Waals surface area contributed by atoms with Gasteiger partial charge in [-0.05, 0) is 30.3 Å². The number of esters is 1. The molecule has 0 saturated heterocycles. The van der Waals surface area contributed by atoms with Gasteiger partial charge in [-0.1, -0.05) is 23.2 Å². The van der Waals surface area contributed by atoms with Gasteiger partial charge >= 0.3 is 5.97 Å². The number of thiophene rings is 1. The van der Waals surface area contributed by atoms with Crippen LogP contribution in [0.15, 0.2) is 30.3 Å². The first kappa shape index (κ1) is 18.4. The third kappa shape index (κ3) is 5.06. The summed E-state index contributed by atoms with van der Waals surface area (Å²) in [7, 11) is 0. The summed E-state index contributed by atoms with van der Waals surface area (Å²) in [6, 6.07) is 7.71. The van der Waals surface area contributed by atoms with Gasteiger partial charge < -0.3 is 10.1 Å². The van der Waals surface area contributed by atoms with Crippen LogP contribution >= 0.6 is 34.5 Å². The van der Waals surface area contributed by atoms with Gasteiger partial charge in [0.15, 0.2) is 6.61 Å². The number of carbonyl (C=O) groups excluding carboxylic acids is 3. The van der Waals surface area contributed by atoms with Crippen LogP contribution in [0.3, 0.4) is 0 Å². The highest BCUT2D eigenvalue weighted by Crippen LogP contribution is 2.23. The Morgan fingerprint density at radius 2 is 1.88 bits per heavy atom. The normalized spacial score (nSPS) is 10.3. The van der Waals surface area contributed by atoms with Crippen molar-refractivity contribution in [1.82, 2.24) is 5.32 Å². The molecule has 8 heteroatoms. The third-order valence-corrected chi connectivity index (χ3v) is 4.80. The number of amides is 1. The lowest BCUT2D eigenvalue weighted by molar-refractivity contribution is -0.119. The molecule has 1 aromatic carbocycles. The summed E-state index contributed by atoms with van der Waals surface area (Å²) in [5.41, 5.74) is 0.217. The van der Waals surface area contributed by atoms with E-state index in [4.69, 9.17) is 27.9 Å². The van der Waals surface area contributed by atoms with E-state index in [9.17, 15) is 14.4 Å². The summed E-state index contributed by atoms with van der Waals surface area (Å²) in [5, 5.41) is 3.21. The fourth-order valence-corrected chi connectivity index (χ4v) is 2.91. The smallest absolute Gasteiger partial charge is 0.338 e. The van der Waals surface area contributed by atoms with E-state index in [0.29, 0.717) is 16.4 Å². The predicted molar refractivity (Wildman–Crippen MR) is 92.9 cm³/mol. The summed E-state index contributed by atoms with van der Waals surface area (Å²) < 4.78 is 4.99. The average molecular weight is 386 g/mol. The molecule has 5 nitrogen and oxygen atoms in total. The molecule has 0 aliphatic carbocycles. The van der Waals surface area contributed by atoms with Crippen LogP contribution in [0.25, 0.3) is 0 Å². The number of hydrogen-bond donors (Lipinski definition) is 1. The highest BCUT2D eigenvalue weighted by Gasteiger charge is 2.14. The van der Waals surface area contributed by atoms with Crippen molar-refractivity contribution in [1.29, 1.82) is 0 Å². The first-order valence-corrected chi connectivity index (χ1v) is 8.42. The molecule has 1 heterocycles. The molecular formula is C16H13Cl2NO4S. The van der Waals surface area contributed by atoms with E-state index in [1.54, 1.807) is 12.1 Å².